The number of ether oxygens (including phenoxy) is 1. The van der Waals surface area contributed by atoms with E-state index in [-0.39, 0.29) is 11.7 Å². The Labute approximate surface area is 145 Å². The Morgan fingerprint density at radius 3 is 2.84 bits per heavy atom. The Morgan fingerprint density at radius 1 is 1.32 bits per heavy atom. The molecule has 0 aliphatic rings. The minimum atomic E-state index is -0.974. The zero-order valence-corrected chi connectivity index (χ0v) is 14.4. The van der Waals surface area contributed by atoms with Gasteiger partial charge in [-0.1, -0.05) is 0 Å². The summed E-state index contributed by atoms with van der Waals surface area (Å²) in [5.74, 6) is -0.354. The highest BCUT2D eigenvalue weighted by Crippen LogP contribution is 2.27. The van der Waals surface area contributed by atoms with E-state index in [1.807, 2.05) is 27.0 Å². The molecule has 0 aliphatic heterocycles. The quantitative estimate of drug-likeness (QED) is 0.717. The molecule has 7 heteroatoms. The first-order valence-electron chi connectivity index (χ1n) is 7.98. The summed E-state index contributed by atoms with van der Waals surface area (Å²) >= 11 is 0. The van der Waals surface area contributed by atoms with Crippen molar-refractivity contribution in [3.63, 3.8) is 0 Å². The Hall–Kier alpha value is -3.09. The first-order valence-corrected chi connectivity index (χ1v) is 7.98. The Morgan fingerprint density at radius 2 is 2.12 bits per heavy atom. The molecule has 2 N–H and O–H groups in total. The molecule has 2 heterocycles. The van der Waals surface area contributed by atoms with Crippen LogP contribution in [0.5, 0.6) is 5.75 Å². The molecule has 0 bridgehead atoms. The van der Waals surface area contributed by atoms with Crippen LogP contribution in [0.3, 0.4) is 0 Å². The largest absolute Gasteiger partial charge is 0.489 e. The number of benzene rings is 1. The molecule has 0 amide bonds. The average Bonchev–Trinajstić information content (AvgIpc) is 2.94. The highest BCUT2D eigenvalue weighted by Gasteiger charge is 2.11. The van der Waals surface area contributed by atoms with Crippen LogP contribution in [0.4, 0.5) is 5.69 Å². The van der Waals surface area contributed by atoms with E-state index in [1.54, 1.807) is 29.2 Å². The predicted octanol–water partition coefficient (Wildman–Crippen LogP) is 3.07. The molecular formula is C18H20N4O3. The SMILES string of the molecule is CC(C)Oc1ccc(C(=O)O)cc1NCc1cnc2c(cnn2C)c1. The smallest absolute Gasteiger partial charge is 0.335 e. The summed E-state index contributed by atoms with van der Waals surface area (Å²) in [6.45, 7) is 4.35. The van der Waals surface area contributed by atoms with E-state index >= 15 is 0 Å². The van der Waals surface area contributed by atoms with E-state index < -0.39 is 5.97 Å². The summed E-state index contributed by atoms with van der Waals surface area (Å²) in [7, 11) is 1.85. The molecule has 0 fully saturated rings. The number of hydrogen-bond donors (Lipinski definition) is 2. The number of carboxylic acid groups (broad SMARTS) is 1. The maximum absolute atomic E-state index is 11.2. The molecule has 0 saturated carbocycles. The molecule has 3 aromatic rings. The van der Waals surface area contributed by atoms with Crippen LogP contribution in [0, 0.1) is 0 Å². The summed E-state index contributed by atoms with van der Waals surface area (Å²) in [4.78, 5) is 15.6. The fraction of sp³-hybridized carbons (Fsp3) is 0.278. The lowest BCUT2D eigenvalue weighted by Crippen LogP contribution is -2.10. The zero-order valence-electron chi connectivity index (χ0n) is 14.4. The number of anilines is 1. The molecule has 0 aliphatic carbocycles. The fourth-order valence-corrected chi connectivity index (χ4v) is 2.54. The maximum Gasteiger partial charge on any atom is 0.335 e. The number of fused-ring (bicyclic) bond motifs is 1. The Bertz CT molecular complexity index is 918. The third-order valence-corrected chi connectivity index (χ3v) is 3.70. The molecule has 0 saturated heterocycles. The van der Waals surface area contributed by atoms with Crippen molar-refractivity contribution in [2.75, 3.05) is 5.32 Å². The lowest BCUT2D eigenvalue weighted by Gasteiger charge is -2.16. The van der Waals surface area contributed by atoms with E-state index in [1.165, 1.54) is 6.07 Å². The third kappa shape index (κ3) is 3.71. The van der Waals surface area contributed by atoms with Crippen molar-refractivity contribution < 1.29 is 14.6 Å². The van der Waals surface area contributed by atoms with E-state index in [9.17, 15) is 9.90 Å². The summed E-state index contributed by atoms with van der Waals surface area (Å²) in [5, 5.41) is 17.6. The zero-order chi connectivity index (χ0) is 18.0. The second-order valence-corrected chi connectivity index (χ2v) is 6.06. The van der Waals surface area contributed by atoms with Crippen LogP contribution in [0.2, 0.25) is 0 Å². The monoisotopic (exact) mass is 340 g/mol. The van der Waals surface area contributed by atoms with Crippen LogP contribution >= 0.6 is 0 Å². The van der Waals surface area contributed by atoms with Crippen molar-refractivity contribution in [3.8, 4) is 5.75 Å². The predicted molar refractivity (Wildman–Crippen MR) is 95.0 cm³/mol. The standard InChI is InChI=1S/C18H20N4O3/c1-11(2)25-16-5-4-13(18(23)24)7-15(16)19-8-12-6-14-10-21-22(3)17(14)20-9-12/h4-7,9-11,19H,8H2,1-3H3,(H,23,24). The van der Waals surface area contributed by atoms with Gasteiger partial charge in [0.25, 0.3) is 0 Å². The molecule has 130 valence electrons. The topological polar surface area (TPSA) is 89.3 Å². The van der Waals surface area contributed by atoms with Gasteiger partial charge in [0, 0.05) is 25.2 Å². The van der Waals surface area contributed by atoms with Gasteiger partial charge in [-0.15, -0.1) is 0 Å². The Balaban J connectivity index is 1.84. The third-order valence-electron chi connectivity index (χ3n) is 3.70. The van der Waals surface area contributed by atoms with Gasteiger partial charge in [-0.3, -0.25) is 4.68 Å². The number of aromatic carboxylic acids is 1. The van der Waals surface area contributed by atoms with Crippen LogP contribution in [-0.4, -0.2) is 31.9 Å². The molecule has 0 unspecified atom stereocenters. The molecule has 0 radical (unpaired) electrons. The average molecular weight is 340 g/mol. The van der Waals surface area contributed by atoms with Crippen molar-refractivity contribution >= 4 is 22.7 Å². The number of carbonyl (C=O) groups is 1. The molecular weight excluding hydrogens is 320 g/mol. The van der Waals surface area contributed by atoms with Gasteiger partial charge in [-0.2, -0.15) is 5.10 Å². The molecule has 7 nitrogen and oxygen atoms in total. The lowest BCUT2D eigenvalue weighted by atomic mass is 10.1. The molecule has 3 rings (SSSR count). The van der Waals surface area contributed by atoms with Gasteiger partial charge < -0.3 is 15.2 Å². The second-order valence-electron chi connectivity index (χ2n) is 6.06. The summed E-state index contributed by atoms with van der Waals surface area (Å²) in [6, 6.07) is 6.80. The van der Waals surface area contributed by atoms with Crippen LogP contribution in [0.25, 0.3) is 11.0 Å². The van der Waals surface area contributed by atoms with Crippen LogP contribution in [0.1, 0.15) is 29.8 Å². The second kappa shape index (κ2) is 6.80. The highest BCUT2D eigenvalue weighted by molar-refractivity contribution is 5.89. The van der Waals surface area contributed by atoms with E-state index in [2.05, 4.69) is 15.4 Å². The van der Waals surface area contributed by atoms with Crippen molar-refractivity contribution in [1.29, 1.82) is 0 Å². The number of carboxylic acids is 1. The summed E-state index contributed by atoms with van der Waals surface area (Å²) < 4.78 is 7.48. The Kier molecular flexibility index (Phi) is 4.56. The van der Waals surface area contributed by atoms with Crippen molar-refractivity contribution in [2.45, 2.75) is 26.5 Å². The number of rotatable bonds is 6. The van der Waals surface area contributed by atoms with Crippen LogP contribution in [-0.2, 0) is 13.6 Å². The molecule has 2 aromatic heterocycles. The number of aryl methyl sites for hydroxylation is 1. The van der Waals surface area contributed by atoms with Gasteiger partial charge in [0.15, 0.2) is 5.65 Å². The van der Waals surface area contributed by atoms with Gasteiger partial charge in [-0.05, 0) is 43.7 Å². The number of nitrogens with one attached hydrogen (secondary N) is 1. The molecule has 1 aromatic carbocycles. The fourth-order valence-electron chi connectivity index (χ4n) is 2.54. The minimum absolute atomic E-state index is 0.00959. The number of hydrogen-bond acceptors (Lipinski definition) is 5. The van der Waals surface area contributed by atoms with Gasteiger partial charge in [0.05, 0.1) is 23.6 Å². The first kappa shape index (κ1) is 16.8. The van der Waals surface area contributed by atoms with Crippen molar-refractivity contribution in [2.24, 2.45) is 7.05 Å². The number of pyridine rings is 1. The lowest BCUT2D eigenvalue weighted by molar-refractivity contribution is 0.0697. The van der Waals surface area contributed by atoms with E-state index in [0.717, 1.165) is 16.6 Å². The maximum atomic E-state index is 11.2. The highest BCUT2D eigenvalue weighted by atomic mass is 16.5. The van der Waals surface area contributed by atoms with E-state index in [4.69, 9.17) is 4.74 Å². The van der Waals surface area contributed by atoms with E-state index in [0.29, 0.717) is 18.0 Å². The summed E-state index contributed by atoms with van der Waals surface area (Å²) in [5.41, 5.74) is 2.64. The minimum Gasteiger partial charge on any atom is -0.489 e. The van der Waals surface area contributed by atoms with Crippen LogP contribution < -0.4 is 10.1 Å². The van der Waals surface area contributed by atoms with Gasteiger partial charge in [0.1, 0.15) is 5.75 Å². The molecule has 0 spiro atoms. The number of aromatic nitrogens is 3. The van der Waals surface area contributed by atoms with Gasteiger partial charge in [0.2, 0.25) is 0 Å². The molecule has 0 atom stereocenters. The molecule has 25 heavy (non-hydrogen) atoms. The van der Waals surface area contributed by atoms with Crippen molar-refractivity contribution in [3.05, 3.63) is 47.8 Å². The first-order chi connectivity index (χ1) is 11.9. The van der Waals surface area contributed by atoms with Crippen molar-refractivity contribution in [1.82, 2.24) is 14.8 Å². The summed E-state index contributed by atoms with van der Waals surface area (Å²) in [6.07, 6.45) is 3.54. The normalized spacial score (nSPS) is 11.0. The van der Waals surface area contributed by atoms with Crippen LogP contribution in [0.15, 0.2) is 36.7 Å². The number of nitrogens with zero attached hydrogens (tertiary/aromatic N) is 3. The van der Waals surface area contributed by atoms with Gasteiger partial charge >= 0.3 is 5.97 Å². The van der Waals surface area contributed by atoms with Gasteiger partial charge in [-0.25, -0.2) is 9.78 Å².